The van der Waals surface area contributed by atoms with Crippen molar-refractivity contribution in [2.24, 2.45) is 0 Å². The molecule has 0 saturated heterocycles. The Morgan fingerprint density at radius 3 is 2.43 bits per heavy atom. The lowest BCUT2D eigenvalue weighted by Gasteiger charge is -2.29. The highest BCUT2D eigenvalue weighted by atomic mass is 16.5. The highest BCUT2D eigenvalue weighted by Crippen LogP contribution is 2.24. The quantitative estimate of drug-likeness (QED) is 0.901. The summed E-state index contributed by atoms with van der Waals surface area (Å²) in [6, 6.07) is 18.1. The van der Waals surface area contributed by atoms with Gasteiger partial charge in [0, 0.05) is 11.9 Å². The van der Waals surface area contributed by atoms with Crippen molar-refractivity contribution >= 4 is 11.4 Å². The molecular weight excluding hydrogens is 262 g/mol. The Morgan fingerprint density at radius 1 is 1.05 bits per heavy atom. The average Bonchev–Trinajstić information content (AvgIpc) is 2.91. The van der Waals surface area contributed by atoms with Crippen LogP contribution in [-0.4, -0.2) is 12.8 Å². The minimum atomic E-state index is -0.329. The number of anilines is 2. The highest BCUT2D eigenvalue weighted by Gasteiger charge is 2.28. The number of benzene rings is 2. The largest absolute Gasteiger partial charge is 0.497 e. The fraction of sp³-hybridized carbons (Fsp3) is 0.176. The summed E-state index contributed by atoms with van der Waals surface area (Å²) in [5.41, 5.74) is 5.25. The Labute approximate surface area is 125 Å². The zero-order chi connectivity index (χ0) is 14.7. The van der Waals surface area contributed by atoms with Gasteiger partial charge in [-0.2, -0.15) is 0 Å². The topological polar surface area (TPSA) is 36.5 Å². The minimum absolute atomic E-state index is 0.329. The molecule has 0 radical (unpaired) electrons. The third-order valence-corrected chi connectivity index (χ3v) is 3.44. The van der Waals surface area contributed by atoms with Gasteiger partial charge in [0.1, 0.15) is 11.4 Å². The molecule has 0 aromatic heterocycles. The summed E-state index contributed by atoms with van der Waals surface area (Å²) < 4.78 is 5.17. The average molecular weight is 281 g/mol. The summed E-state index contributed by atoms with van der Waals surface area (Å²) >= 11 is 0. The first-order valence-corrected chi connectivity index (χ1v) is 6.92. The molecule has 2 aromatic rings. The number of rotatable bonds is 4. The summed E-state index contributed by atoms with van der Waals surface area (Å²) in [5, 5.41) is 5.48. The van der Waals surface area contributed by atoms with Crippen LogP contribution in [0, 0.1) is 0 Å². The summed E-state index contributed by atoms with van der Waals surface area (Å²) in [7, 11) is 1.67. The Bertz CT molecular complexity index is 624. The molecule has 4 heteroatoms. The fourth-order valence-electron chi connectivity index (χ4n) is 2.33. The second-order valence-electron chi connectivity index (χ2n) is 5.19. The molecule has 2 N–H and O–H groups in total. The molecule has 0 spiro atoms. The number of hydrogen-bond donors (Lipinski definition) is 2. The van der Waals surface area contributed by atoms with Crippen molar-refractivity contribution in [3.05, 3.63) is 66.9 Å². The van der Waals surface area contributed by atoms with Crippen molar-refractivity contribution in [2.75, 3.05) is 17.4 Å². The van der Waals surface area contributed by atoms with Gasteiger partial charge in [0.25, 0.3) is 0 Å². The van der Waals surface area contributed by atoms with E-state index in [-0.39, 0.29) is 5.66 Å². The van der Waals surface area contributed by atoms with E-state index in [0.717, 1.165) is 17.1 Å². The maximum Gasteiger partial charge on any atom is 0.124 e. The number of methoxy groups -OCH3 is 1. The molecule has 0 amide bonds. The van der Waals surface area contributed by atoms with Gasteiger partial charge in [0.2, 0.25) is 0 Å². The smallest absolute Gasteiger partial charge is 0.124 e. The molecule has 2 aromatic carbocycles. The van der Waals surface area contributed by atoms with Gasteiger partial charge in [0.15, 0.2) is 0 Å². The molecule has 1 atom stereocenters. The molecule has 1 heterocycles. The van der Waals surface area contributed by atoms with E-state index in [2.05, 4.69) is 35.9 Å². The second-order valence-corrected chi connectivity index (χ2v) is 5.19. The first kappa shape index (κ1) is 13.5. The molecule has 0 fully saturated rings. The molecule has 3 rings (SSSR count). The number of hydrazine groups is 1. The van der Waals surface area contributed by atoms with Gasteiger partial charge >= 0.3 is 0 Å². The predicted octanol–water partition coefficient (Wildman–Crippen LogP) is 3.36. The monoisotopic (exact) mass is 281 g/mol. The second kappa shape index (κ2) is 5.50. The number of ether oxygens (including phenoxy) is 1. The molecule has 0 aliphatic carbocycles. The van der Waals surface area contributed by atoms with Gasteiger partial charge in [-0.1, -0.05) is 18.2 Å². The van der Waals surface area contributed by atoms with Crippen LogP contribution in [0.1, 0.15) is 6.92 Å². The van der Waals surface area contributed by atoms with Crippen LogP contribution in [0.3, 0.4) is 0 Å². The molecular formula is C17H19N3O. The van der Waals surface area contributed by atoms with E-state index >= 15 is 0 Å². The van der Waals surface area contributed by atoms with Crippen molar-refractivity contribution in [3.8, 4) is 5.75 Å². The van der Waals surface area contributed by atoms with Gasteiger partial charge in [-0.3, -0.25) is 5.01 Å². The van der Waals surface area contributed by atoms with E-state index in [1.165, 1.54) is 0 Å². The fourth-order valence-corrected chi connectivity index (χ4v) is 2.33. The van der Waals surface area contributed by atoms with E-state index < -0.39 is 0 Å². The summed E-state index contributed by atoms with van der Waals surface area (Å²) in [4.78, 5) is 0. The highest BCUT2D eigenvalue weighted by molar-refractivity contribution is 5.54. The molecule has 0 saturated carbocycles. The Hall–Kier alpha value is -2.46. The zero-order valence-electron chi connectivity index (χ0n) is 12.2. The molecule has 0 bridgehead atoms. The summed E-state index contributed by atoms with van der Waals surface area (Å²) in [6.07, 6.45) is 4.14. The summed E-state index contributed by atoms with van der Waals surface area (Å²) in [6.45, 7) is 2.09. The predicted molar refractivity (Wildman–Crippen MR) is 86.2 cm³/mol. The first-order valence-electron chi connectivity index (χ1n) is 6.92. The van der Waals surface area contributed by atoms with E-state index in [9.17, 15) is 0 Å². The normalized spacial score (nSPS) is 20.6. The Balaban J connectivity index is 1.70. The van der Waals surface area contributed by atoms with E-state index in [0.29, 0.717) is 0 Å². The lowest BCUT2D eigenvalue weighted by atomic mass is 10.2. The van der Waals surface area contributed by atoms with E-state index in [1.807, 2.05) is 53.7 Å². The third kappa shape index (κ3) is 3.01. The standard InChI is InChI=1S/C17H19N3O/c1-17(18-14-8-10-16(21-2)11-9-14)12-13-20(19-17)15-6-4-3-5-7-15/h3-13,18-19H,1-2H3. The third-order valence-electron chi connectivity index (χ3n) is 3.44. The van der Waals surface area contributed by atoms with Crippen molar-refractivity contribution in [3.63, 3.8) is 0 Å². The number of hydrogen-bond acceptors (Lipinski definition) is 4. The van der Waals surface area contributed by atoms with Crippen molar-refractivity contribution < 1.29 is 4.74 Å². The number of nitrogens with one attached hydrogen (secondary N) is 2. The van der Waals surface area contributed by atoms with E-state index in [1.54, 1.807) is 7.11 Å². The maximum absolute atomic E-state index is 5.17. The molecule has 108 valence electrons. The van der Waals surface area contributed by atoms with Gasteiger partial charge in [0.05, 0.1) is 12.8 Å². The zero-order valence-corrected chi connectivity index (χ0v) is 12.2. The van der Waals surface area contributed by atoms with Crippen LogP contribution in [0.5, 0.6) is 5.75 Å². The van der Waals surface area contributed by atoms with Crippen LogP contribution in [0.2, 0.25) is 0 Å². The van der Waals surface area contributed by atoms with Crippen molar-refractivity contribution in [1.29, 1.82) is 0 Å². The lowest BCUT2D eigenvalue weighted by Crippen LogP contribution is -2.50. The maximum atomic E-state index is 5.17. The van der Waals surface area contributed by atoms with Gasteiger partial charge in [-0.05, 0) is 49.4 Å². The minimum Gasteiger partial charge on any atom is -0.497 e. The molecule has 1 aliphatic rings. The summed E-state index contributed by atoms with van der Waals surface area (Å²) in [5.74, 6) is 0.853. The van der Waals surface area contributed by atoms with Crippen LogP contribution in [0.25, 0.3) is 0 Å². The van der Waals surface area contributed by atoms with Crippen LogP contribution in [0.4, 0.5) is 11.4 Å². The SMILES string of the molecule is COc1ccc(NC2(C)C=CN(c3ccccc3)N2)cc1. The van der Waals surface area contributed by atoms with Crippen molar-refractivity contribution in [2.45, 2.75) is 12.6 Å². The molecule has 1 unspecified atom stereocenters. The molecule has 1 aliphatic heterocycles. The van der Waals surface area contributed by atoms with Crippen LogP contribution in [0.15, 0.2) is 66.9 Å². The van der Waals surface area contributed by atoms with Crippen molar-refractivity contribution in [1.82, 2.24) is 5.43 Å². The lowest BCUT2D eigenvalue weighted by molar-refractivity contribution is 0.415. The number of para-hydroxylation sites is 1. The van der Waals surface area contributed by atoms with Gasteiger partial charge < -0.3 is 10.1 Å². The van der Waals surface area contributed by atoms with Crippen LogP contribution >= 0.6 is 0 Å². The van der Waals surface area contributed by atoms with E-state index in [4.69, 9.17) is 4.74 Å². The Morgan fingerprint density at radius 2 is 1.76 bits per heavy atom. The number of nitrogens with zero attached hydrogens (tertiary/aromatic N) is 1. The Kier molecular flexibility index (Phi) is 3.54. The molecule has 21 heavy (non-hydrogen) atoms. The van der Waals surface area contributed by atoms with Gasteiger partial charge in [-0.25, -0.2) is 5.43 Å². The molecule has 4 nitrogen and oxygen atoms in total. The van der Waals surface area contributed by atoms with Crippen LogP contribution in [-0.2, 0) is 0 Å². The van der Waals surface area contributed by atoms with Crippen LogP contribution < -0.4 is 20.5 Å². The van der Waals surface area contributed by atoms with Gasteiger partial charge in [-0.15, -0.1) is 0 Å². The first-order chi connectivity index (χ1) is 10.2.